The van der Waals surface area contributed by atoms with Crippen molar-refractivity contribution in [3.05, 3.63) is 5.01 Å². The number of carbonyl (C=O) groups excluding carboxylic acids is 1. The zero-order chi connectivity index (χ0) is 17.5. The number of hydrogen-bond donors (Lipinski definition) is 1. The van der Waals surface area contributed by atoms with E-state index >= 15 is 0 Å². The molecule has 2 aliphatic rings. The predicted octanol–water partition coefficient (Wildman–Crippen LogP) is 2.34. The minimum Gasteiger partial charge on any atom is -0.381 e. The van der Waals surface area contributed by atoms with Gasteiger partial charge < -0.3 is 10.1 Å². The monoisotopic (exact) mass is 384 g/mol. The SMILES string of the molecule is Cc1nnc(SCCCNC(=O)[C@@H]2CCCN(C3CCOCC3)C2)s1. The smallest absolute Gasteiger partial charge is 0.224 e. The number of nitrogens with zero attached hydrogens (tertiary/aromatic N) is 3. The Morgan fingerprint density at radius 1 is 1.36 bits per heavy atom. The maximum Gasteiger partial charge on any atom is 0.224 e. The summed E-state index contributed by atoms with van der Waals surface area (Å²) in [6, 6.07) is 0.608. The van der Waals surface area contributed by atoms with Crippen LogP contribution in [-0.2, 0) is 9.53 Å². The Labute approximate surface area is 158 Å². The lowest BCUT2D eigenvalue weighted by Gasteiger charge is -2.39. The van der Waals surface area contributed by atoms with E-state index < -0.39 is 0 Å². The van der Waals surface area contributed by atoms with E-state index in [0.29, 0.717) is 6.04 Å². The molecule has 0 radical (unpaired) electrons. The Bertz CT molecular complexity index is 549. The van der Waals surface area contributed by atoms with Crippen molar-refractivity contribution >= 4 is 29.0 Å². The van der Waals surface area contributed by atoms with E-state index in [1.807, 2.05) is 6.92 Å². The van der Waals surface area contributed by atoms with Crippen LogP contribution in [0.1, 0.15) is 37.1 Å². The van der Waals surface area contributed by atoms with E-state index in [4.69, 9.17) is 4.74 Å². The average Bonchev–Trinajstić information content (AvgIpc) is 3.07. The molecular formula is C17H28N4O2S2. The molecular weight excluding hydrogens is 356 g/mol. The van der Waals surface area contributed by atoms with Gasteiger partial charge in [-0.1, -0.05) is 23.1 Å². The molecule has 3 heterocycles. The van der Waals surface area contributed by atoms with E-state index in [1.165, 1.54) is 0 Å². The molecule has 2 saturated heterocycles. The second kappa shape index (κ2) is 9.85. The average molecular weight is 385 g/mol. The third kappa shape index (κ3) is 5.91. The molecule has 0 spiro atoms. The summed E-state index contributed by atoms with van der Waals surface area (Å²) in [5.41, 5.74) is 0. The molecule has 8 heteroatoms. The van der Waals surface area contributed by atoms with Gasteiger partial charge in [-0.2, -0.15) is 0 Å². The van der Waals surface area contributed by atoms with Crippen LogP contribution in [0.2, 0.25) is 0 Å². The maximum atomic E-state index is 12.5. The van der Waals surface area contributed by atoms with Gasteiger partial charge in [-0.25, -0.2) is 0 Å². The normalized spacial score (nSPS) is 22.8. The number of thioether (sulfide) groups is 1. The molecule has 1 aromatic rings. The van der Waals surface area contributed by atoms with E-state index in [1.54, 1.807) is 23.1 Å². The Kier molecular flexibility index (Phi) is 7.51. The van der Waals surface area contributed by atoms with Gasteiger partial charge in [0.1, 0.15) is 5.01 Å². The van der Waals surface area contributed by atoms with Crippen LogP contribution in [0.5, 0.6) is 0 Å². The van der Waals surface area contributed by atoms with Crippen LogP contribution in [0.25, 0.3) is 0 Å². The standard InChI is InChI=1S/C17H28N4O2S2/c1-13-19-20-17(25-13)24-11-3-7-18-16(22)14-4-2-8-21(12-14)15-5-9-23-10-6-15/h14-15H,2-12H2,1H3,(H,18,22)/t14-/m1/s1. The van der Waals surface area contributed by atoms with Gasteiger partial charge in [0.2, 0.25) is 5.91 Å². The fourth-order valence-corrected chi connectivity index (χ4v) is 5.35. The van der Waals surface area contributed by atoms with Crippen LogP contribution >= 0.6 is 23.1 Å². The molecule has 140 valence electrons. The number of aryl methyl sites for hydroxylation is 1. The number of likely N-dealkylation sites (tertiary alicyclic amines) is 1. The molecule has 1 N–H and O–H groups in total. The van der Waals surface area contributed by atoms with Crippen molar-refractivity contribution in [1.29, 1.82) is 0 Å². The molecule has 0 aliphatic carbocycles. The summed E-state index contributed by atoms with van der Waals surface area (Å²) in [4.78, 5) is 15.0. The third-order valence-corrected chi connectivity index (χ3v) is 6.94. The summed E-state index contributed by atoms with van der Waals surface area (Å²) < 4.78 is 6.48. The fourth-order valence-electron chi connectivity index (χ4n) is 3.53. The lowest BCUT2D eigenvalue weighted by atomic mass is 9.94. The second-order valence-corrected chi connectivity index (χ2v) is 9.28. The second-order valence-electron chi connectivity index (χ2n) is 6.76. The van der Waals surface area contributed by atoms with Gasteiger partial charge >= 0.3 is 0 Å². The van der Waals surface area contributed by atoms with Gasteiger partial charge in [-0.05, 0) is 45.6 Å². The zero-order valence-corrected chi connectivity index (χ0v) is 16.5. The van der Waals surface area contributed by atoms with Gasteiger partial charge in [-0.3, -0.25) is 9.69 Å². The molecule has 2 aliphatic heterocycles. The minimum atomic E-state index is 0.148. The first-order valence-corrected chi connectivity index (χ1v) is 11.0. The molecule has 3 rings (SSSR count). The molecule has 0 unspecified atom stereocenters. The van der Waals surface area contributed by atoms with Crippen LogP contribution in [0.3, 0.4) is 0 Å². The number of aromatic nitrogens is 2. The fraction of sp³-hybridized carbons (Fsp3) is 0.824. The molecule has 0 aromatic carbocycles. The van der Waals surface area contributed by atoms with Gasteiger partial charge in [-0.15, -0.1) is 10.2 Å². The first-order chi connectivity index (χ1) is 12.2. The highest BCUT2D eigenvalue weighted by Crippen LogP contribution is 2.24. The number of nitrogens with one attached hydrogen (secondary N) is 1. The van der Waals surface area contributed by atoms with Crippen LogP contribution in [0.15, 0.2) is 4.34 Å². The lowest BCUT2D eigenvalue weighted by molar-refractivity contribution is -0.127. The van der Waals surface area contributed by atoms with E-state index in [2.05, 4.69) is 20.4 Å². The molecule has 1 atom stereocenters. The number of amides is 1. The third-order valence-electron chi connectivity index (χ3n) is 4.88. The first kappa shape index (κ1) is 19.1. The van der Waals surface area contributed by atoms with Gasteiger partial charge in [0.25, 0.3) is 0 Å². The van der Waals surface area contributed by atoms with E-state index in [9.17, 15) is 4.79 Å². The summed E-state index contributed by atoms with van der Waals surface area (Å²) in [5, 5.41) is 12.3. The Hall–Kier alpha value is -0.700. The van der Waals surface area contributed by atoms with Crippen molar-refractivity contribution in [2.75, 3.05) is 38.6 Å². The number of ether oxygens (including phenoxy) is 1. The predicted molar refractivity (Wildman–Crippen MR) is 101 cm³/mol. The van der Waals surface area contributed by atoms with E-state index in [0.717, 1.165) is 80.1 Å². The largest absolute Gasteiger partial charge is 0.381 e. The van der Waals surface area contributed by atoms with Crippen molar-refractivity contribution in [3.63, 3.8) is 0 Å². The molecule has 1 aromatic heterocycles. The van der Waals surface area contributed by atoms with Gasteiger partial charge in [0, 0.05) is 38.1 Å². The van der Waals surface area contributed by atoms with Gasteiger partial charge in [0.05, 0.1) is 5.92 Å². The first-order valence-electron chi connectivity index (χ1n) is 9.25. The number of carbonyl (C=O) groups is 1. The Morgan fingerprint density at radius 3 is 2.96 bits per heavy atom. The number of hydrogen-bond acceptors (Lipinski definition) is 7. The topological polar surface area (TPSA) is 67.4 Å². The quantitative estimate of drug-likeness (QED) is 0.575. The van der Waals surface area contributed by atoms with Crippen molar-refractivity contribution in [2.45, 2.75) is 49.4 Å². The molecule has 25 heavy (non-hydrogen) atoms. The van der Waals surface area contributed by atoms with Gasteiger partial charge in [0.15, 0.2) is 4.34 Å². The molecule has 6 nitrogen and oxygen atoms in total. The highest BCUT2D eigenvalue weighted by molar-refractivity contribution is 8.01. The lowest BCUT2D eigenvalue weighted by Crippen LogP contribution is -2.48. The molecule has 0 bridgehead atoms. The van der Waals surface area contributed by atoms with E-state index in [-0.39, 0.29) is 11.8 Å². The highest BCUT2D eigenvalue weighted by Gasteiger charge is 2.30. The Morgan fingerprint density at radius 2 is 2.20 bits per heavy atom. The number of piperidine rings is 1. The van der Waals surface area contributed by atoms with Crippen LogP contribution in [0.4, 0.5) is 0 Å². The van der Waals surface area contributed by atoms with Crippen molar-refractivity contribution in [1.82, 2.24) is 20.4 Å². The van der Waals surface area contributed by atoms with Crippen LogP contribution in [0, 0.1) is 12.8 Å². The number of rotatable bonds is 7. The van der Waals surface area contributed by atoms with Crippen molar-refractivity contribution < 1.29 is 9.53 Å². The molecule has 0 saturated carbocycles. The summed E-state index contributed by atoms with van der Waals surface area (Å²) in [5.74, 6) is 1.34. The maximum absolute atomic E-state index is 12.5. The van der Waals surface area contributed by atoms with Crippen molar-refractivity contribution in [3.8, 4) is 0 Å². The highest BCUT2D eigenvalue weighted by atomic mass is 32.2. The summed E-state index contributed by atoms with van der Waals surface area (Å²) in [6.07, 6.45) is 5.32. The summed E-state index contributed by atoms with van der Waals surface area (Å²) in [7, 11) is 0. The van der Waals surface area contributed by atoms with Crippen molar-refractivity contribution in [2.24, 2.45) is 5.92 Å². The minimum absolute atomic E-state index is 0.148. The molecule has 1 amide bonds. The zero-order valence-electron chi connectivity index (χ0n) is 14.9. The summed E-state index contributed by atoms with van der Waals surface area (Å²) in [6.45, 7) is 6.49. The van der Waals surface area contributed by atoms with Crippen LogP contribution < -0.4 is 5.32 Å². The van der Waals surface area contributed by atoms with Crippen LogP contribution in [-0.4, -0.2) is 65.6 Å². The Balaban J connectivity index is 1.33. The summed E-state index contributed by atoms with van der Waals surface area (Å²) >= 11 is 3.35. The molecule has 2 fully saturated rings.